The van der Waals surface area contributed by atoms with Crippen molar-refractivity contribution < 1.29 is 9.90 Å². The number of fused-ring (bicyclic) bond motifs is 5. The molecule has 22 heavy (non-hydrogen) atoms. The minimum atomic E-state index is -0.487. The van der Waals surface area contributed by atoms with Gasteiger partial charge in [-0.15, -0.1) is 0 Å². The molecular weight excluding hydrogens is 272 g/mol. The van der Waals surface area contributed by atoms with E-state index in [1.54, 1.807) is 0 Å². The zero-order chi connectivity index (χ0) is 15.8. The second kappa shape index (κ2) is 4.47. The lowest BCUT2D eigenvalue weighted by Crippen LogP contribution is -2.55. The smallest absolute Gasteiger partial charge is 0.155 e. The fourth-order valence-corrected chi connectivity index (χ4v) is 6.88. The molecule has 0 aromatic carbocycles. The van der Waals surface area contributed by atoms with Gasteiger partial charge in [-0.25, -0.2) is 0 Å². The highest BCUT2D eigenvalue weighted by molar-refractivity contribution is 5.91. The van der Waals surface area contributed by atoms with Crippen molar-refractivity contribution in [1.29, 1.82) is 0 Å². The van der Waals surface area contributed by atoms with Crippen molar-refractivity contribution in [2.24, 2.45) is 34.5 Å². The van der Waals surface area contributed by atoms with Crippen LogP contribution in [0.2, 0.25) is 0 Å². The van der Waals surface area contributed by atoms with Gasteiger partial charge in [0.25, 0.3) is 0 Å². The lowest BCUT2D eigenvalue weighted by atomic mass is 9.45. The Kier molecular flexibility index (Phi) is 3.03. The van der Waals surface area contributed by atoms with E-state index in [0.717, 1.165) is 25.2 Å². The average molecular weight is 302 g/mol. The third-order valence-electron chi connectivity index (χ3n) is 8.60. The summed E-state index contributed by atoms with van der Waals surface area (Å²) in [5.74, 6) is 3.00. The fourth-order valence-electron chi connectivity index (χ4n) is 6.88. The molecule has 0 spiro atoms. The predicted octanol–water partition coefficient (Wildman–Crippen LogP) is 4.13. The molecule has 4 rings (SSSR count). The maximum Gasteiger partial charge on any atom is 0.155 e. The number of rotatable bonds is 0. The topological polar surface area (TPSA) is 37.3 Å². The van der Waals surface area contributed by atoms with Gasteiger partial charge in [0.2, 0.25) is 0 Å². The van der Waals surface area contributed by atoms with Crippen molar-refractivity contribution in [1.82, 2.24) is 0 Å². The molecule has 7 atom stereocenters. The second-order valence-corrected chi connectivity index (χ2v) is 9.29. The van der Waals surface area contributed by atoms with E-state index >= 15 is 0 Å². The number of carbonyl (C=O) groups excluding carboxylic acids is 1. The van der Waals surface area contributed by atoms with Gasteiger partial charge in [-0.3, -0.25) is 4.79 Å². The third kappa shape index (κ3) is 1.74. The molecule has 2 heteroatoms. The summed E-state index contributed by atoms with van der Waals surface area (Å²) < 4.78 is 0. The predicted molar refractivity (Wildman–Crippen MR) is 87.3 cm³/mol. The molecule has 4 aliphatic rings. The second-order valence-electron chi connectivity index (χ2n) is 9.29. The molecule has 0 bridgehead atoms. The standard InChI is InChI=1S/C20H30O2/c1-18-9-6-14(21)12-13(18)4-5-15-16(18)7-10-19(2)17(15)8-11-20(19,3)22/h6,9,13,15-17,22H,4-5,7-8,10-12H2,1-3H3/t13?,15-,16-,17+,18+,19+,20?/m1/s1. The molecule has 1 N–H and O–H groups in total. The van der Waals surface area contributed by atoms with Gasteiger partial charge in [0.15, 0.2) is 5.78 Å². The highest BCUT2D eigenvalue weighted by atomic mass is 16.3. The Hall–Kier alpha value is -0.630. The quantitative estimate of drug-likeness (QED) is 0.730. The lowest BCUT2D eigenvalue weighted by Gasteiger charge is -2.59. The first-order chi connectivity index (χ1) is 10.3. The van der Waals surface area contributed by atoms with Gasteiger partial charge < -0.3 is 5.11 Å². The Morgan fingerprint density at radius 2 is 1.77 bits per heavy atom. The van der Waals surface area contributed by atoms with Crippen LogP contribution in [0.4, 0.5) is 0 Å². The van der Waals surface area contributed by atoms with Crippen molar-refractivity contribution in [2.45, 2.75) is 71.3 Å². The Morgan fingerprint density at radius 3 is 2.55 bits per heavy atom. The molecule has 122 valence electrons. The highest BCUT2D eigenvalue weighted by Crippen LogP contribution is 2.67. The van der Waals surface area contributed by atoms with Gasteiger partial charge in [-0.05, 0) is 86.0 Å². The van der Waals surface area contributed by atoms with Crippen LogP contribution in [0.5, 0.6) is 0 Å². The van der Waals surface area contributed by atoms with Gasteiger partial charge in [-0.2, -0.15) is 0 Å². The van der Waals surface area contributed by atoms with Crippen LogP contribution >= 0.6 is 0 Å². The summed E-state index contributed by atoms with van der Waals surface area (Å²) in [6.07, 6.45) is 11.9. The zero-order valence-electron chi connectivity index (χ0n) is 14.3. The van der Waals surface area contributed by atoms with Gasteiger partial charge in [0.05, 0.1) is 5.60 Å². The summed E-state index contributed by atoms with van der Waals surface area (Å²) in [5.41, 5.74) is -0.170. The molecule has 3 saturated carbocycles. The molecule has 3 fully saturated rings. The van der Waals surface area contributed by atoms with Crippen LogP contribution in [0, 0.1) is 34.5 Å². The van der Waals surface area contributed by atoms with Gasteiger partial charge >= 0.3 is 0 Å². The van der Waals surface area contributed by atoms with Crippen molar-refractivity contribution in [3.05, 3.63) is 12.2 Å². The summed E-state index contributed by atoms with van der Waals surface area (Å²) in [5, 5.41) is 10.9. The third-order valence-corrected chi connectivity index (χ3v) is 8.60. The lowest BCUT2D eigenvalue weighted by molar-refractivity contribution is -0.135. The van der Waals surface area contributed by atoms with Crippen molar-refractivity contribution in [2.75, 3.05) is 0 Å². The largest absolute Gasteiger partial charge is 0.390 e. The van der Waals surface area contributed by atoms with Crippen LogP contribution in [0.25, 0.3) is 0 Å². The minimum absolute atomic E-state index is 0.103. The molecule has 2 nitrogen and oxygen atoms in total. The monoisotopic (exact) mass is 302 g/mol. The Bertz CT molecular complexity index is 534. The van der Waals surface area contributed by atoms with E-state index in [0.29, 0.717) is 23.5 Å². The first kappa shape index (κ1) is 14.9. The van der Waals surface area contributed by atoms with Crippen molar-refractivity contribution in [3.8, 4) is 0 Å². The van der Waals surface area contributed by atoms with E-state index in [9.17, 15) is 9.90 Å². The Labute approximate surface area is 134 Å². The molecule has 0 amide bonds. The number of ketones is 1. The average Bonchev–Trinajstić information content (AvgIpc) is 2.70. The minimum Gasteiger partial charge on any atom is -0.390 e. The Balaban J connectivity index is 1.69. The van der Waals surface area contributed by atoms with Crippen LogP contribution in [-0.2, 0) is 4.79 Å². The number of carbonyl (C=O) groups is 1. The highest BCUT2D eigenvalue weighted by Gasteiger charge is 2.62. The summed E-state index contributed by atoms with van der Waals surface area (Å²) in [7, 11) is 0. The molecule has 2 unspecified atom stereocenters. The maximum atomic E-state index is 11.8. The van der Waals surface area contributed by atoms with Crippen LogP contribution in [-0.4, -0.2) is 16.5 Å². The summed E-state index contributed by atoms with van der Waals surface area (Å²) in [6, 6.07) is 0. The summed E-state index contributed by atoms with van der Waals surface area (Å²) >= 11 is 0. The van der Waals surface area contributed by atoms with E-state index in [4.69, 9.17) is 0 Å². The van der Waals surface area contributed by atoms with Crippen molar-refractivity contribution in [3.63, 3.8) is 0 Å². The van der Waals surface area contributed by atoms with Gasteiger partial charge in [0, 0.05) is 6.42 Å². The van der Waals surface area contributed by atoms with Crippen LogP contribution < -0.4 is 0 Å². The van der Waals surface area contributed by atoms with Crippen LogP contribution in [0.3, 0.4) is 0 Å². The van der Waals surface area contributed by atoms with Crippen LogP contribution in [0.1, 0.15) is 65.7 Å². The summed E-state index contributed by atoms with van der Waals surface area (Å²) in [6.45, 7) is 6.82. The number of hydrogen-bond acceptors (Lipinski definition) is 2. The maximum absolute atomic E-state index is 11.8. The molecular formula is C20H30O2. The molecule has 0 radical (unpaired) electrons. The first-order valence-electron chi connectivity index (χ1n) is 9.22. The molecule has 4 aliphatic carbocycles. The molecule has 0 saturated heterocycles. The Morgan fingerprint density at radius 1 is 1.05 bits per heavy atom. The van der Waals surface area contributed by atoms with Gasteiger partial charge in [0.1, 0.15) is 0 Å². The van der Waals surface area contributed by atoms with E-state index in [1.807, 2.05) is 6.08 Å². The number of hydrogen-bond donors (Lipinski definition) is 1. The molecule has 0 aliphatic heterocycles. The fraction of sp³-hybridized carbons (Fsp3) is 0.850. The van der Waals surface area contributed by atoms with E-state index in [2.05, 4.69) is 26.8 Å². The van der Waals surface area contributed by atoms with E-state index in [1.165, 1.54) is 25.7 Å². The molecule has 0 aromatic rings. The molecule has 0 heterocycles. The van der Waals surface area contributed by atoms with Crippen molar-refractivity contribution >= 4 is 5.78 Å². The SMILES string of the molecule is CC1(O)CC[C@H]2[C@@H]3CCC4CC(=O)C=C[C@]4(C)[C@@H]3CC[C@@]21C. The van der Waals surface area contributed by atoms with E-state index in [-0.39, 0.29) is 10.8 Å². The zero-order valence-corrected chi connectivity index (χ0v) is 14.3. The van der Waals surface area contributed by atoms with Gasteiger partial charge in [-0.1, -0.05) is 19.9 Å². The first-order valence-corrected chi connectivity index (χ1v) is 9.22. The number of allylic oxidation sites excluding steroid dienone is 2. The summed E-state index contributed by atoms with van der Waals surface area (Å²) in [4.78, 5) is 11.8. The number of aliphatic hydroxyl groups is 1. The van der Waals surface area contributed by atoms with E-state index < -0.39 is 5.60 Å². The molecule has 0 aromatic heterocycles. The normalized spacial score (nSPS) is 57.2. The van der Waals surface area contributed by atoms with Crippen LogP contribution in [0.15, 0.2) is 12.2 Å².